The Bertz CT molecular complexity index is 1360. The third-order valence-corrected chi connectivity index (χ3v) is 8.75. The van der Waals surface area contributed by atoms with Crippen LogP contribution in [0.2, 0.25) is 0 Å². The number of carbonyl (C=O) groups excluding carboxylic acids is 3. The molecule has 0 unspecified atom stereocenters. The van der Waals surface area contributed by atoms with Crippen LogP contribution < -0.4 is 5.32 Å². The molecule has 0 radical (unpaired) electrons. The number of rotatable bonds is 11. The van der Waals surface area contributed by atoms with Crippen molar-refractivity contribution < 1.29 is 47.5 Å². The number of amides is 1. The minimum absolute atomic E-state index is 0.196. The van der Waals surface area contributed by atoms with E-state index in [0.717, 1.165) is 11.3 Å². The van der Waals surface area contributed by atoms with Crippen LogP contribution >= 0.6 is 11.8 Å². The van der Waals surface area contributed by atoms with Gasteiger partial charge in [0.2, 0.25) is 0 Å². The van der Waals surface area contributed by atoms with E-state index >= 15 is 0 Å². The molecule has 2 aromatic rings. The average Bonchev–Trinajstić information content (AvgIpc) is 3.12. The van der Waals surface area contributed by atoms with Crippen LogP contribution in [0.3, 0.4) is 0 Å². The molecule has 1 aliphatic heterocycles. The quantitative estimate of drug-likeness (QED) is 0.203. The molecule has 15 heteroatoms. The zero-order chi connectivity index (χ0) is 37.6. The van der Waals surface area contributed by atoms with Gasteiger partial charge in [0.05, 0.1) is 77.8 Å². The van der Waals surface area contributed by atoms with Gasteiger partial charge in [-0.2, -0.15) is 11.8 Å². The first-order valence-corrected chi connectivity index (χ1v) is 18.8. The van der Waals surface area contributed by atoms with Crippen molar-refractivity contribution in [1.29, 1.82) is 0 Å². The van der Waals surface area contributed by atoms with E-state index < -0.39 is 17.7 Å². The normalized spacial score (nSPS) is 18.1. The lowest BCUT2D eigenvalue weighted by Gasteiger charge is -2.26. The number of pyridine rings is 1. The van der Waals surface area contributed by atoms with Gasteiger partial charge in [0, 0.05) is 57.3 Å². The molecular formula is C37H56N4O10S. The number of nitrogens with zero attached hydrogens (tertiary/aromatic N) is 3. The Hall–Kier alpha value is -3.31. The molecule has 3 rings (SSSR count). The highest BCUT2D eigenvalue weighted by molar-refractivity contribution is 7.99. The maximum atomic E-state index is 12.1. The van der Waals surface area contributed by atoms with E-state index in [1.165, 1.54) is 14.2 Å². The molecule has 1 aliphatic rings. The zero-order valence-electron chi connectivity index (χ0n) is 31.3. The number of carbonyl (C=O) groups is 3. The van der Waals surface area contributed by atoms with Gasteiger partial charge in [-0.05, 0) is 50.6 Å². The van der Waals surface area contributed by atoms with E-state index in [0.29, 0.717) is 109 Å². The Morgan fingerprint density at radius 3 is 2.19 bits per heavy atom. The lowest BCUT2D eigenvalue weighted by molar-refractivity contribution is -0.0237. The largest absolute Gasteiger partial charge is 0.465 e. The van der Waals surface area contributed by atoms with Crippen LogP contribution in [0.5, 0.6) is 0 Å². The maximum absolute atomic E-state index is 12.1. The van der Waals surface area contributed by atoms with E-state index in [-0.39, 0.29) is 17.8 Å². The molecule has 1 N–H and O–H groups in total. The first-order valence-electron chi connectivity index (χ1n) is 17.6. The summed E-state index contributed by atoms with van der Waals surface area (Å²) in [5, 5.41) is 2.80. The summed E-state index contributed by atoms with van der Waals surface area (Å²) in [4.78, 5) is 45.1. The minimum atomic E-state index is -0.555. The summed E-state index contributed by atoms with van der Waals surface area (Å²) in [7, 11) is 2.71. The van der Waals surface area contributed by atoms with Crippen LogP contribution in [0.1, 0.15) is 52.9 Å². The second-order valence-corrected chi connectivity index (χ2v) is 14.2. The molecule has 1 saturated heterocycles. The monoisotopic (exact) mass is 748 g/mol. The van der Waals surface area contributed by atoms with E-state index in [4.69, 9.17) is 33.2 Å². The van der Waals surface area contributed by atoms with Crippen molar-refractivity contribution in [1.82, 2.24) is 20.1 Å². The lowest BCUT2D eigenvalue weighted by atomic mass is 10.1. The van der Waals surface area contributed by atoms with Crippen LogP contribution in [-0.4, -0.2) is 149 Å². The van der Waals surface area contributed by atoms with Crippen molar-refractivity contribution in [2.24, 2.45) is 0 Å². The highest BCUT2D eigenvalue weighted by Gasteiger charge is 2.18. The molecule has 0 bridgehead atoms. The van der Waals surface area contributed by atoms with Crippen LogP contribution in [0.25, 0.3) is 0 Å². The Morgan fingerprint density at radius 2 is 1.50 bits per heavy atom. The number of ether oxygens (including phenoxy) is 7. The summed E-state index contributed by atoms with van der Waals surface area (Å²) in [5.74, 6) is 0.499. The molecule has 1 amide bonds. The van der Waals surface area contributed by atoms with Gasteiger partial charge in [-0.25, -0.2) is 19.4 Å². The number of esters is 2. The molecule has 1 aromatic carbocycles. The molecule has 0 spiro atoms. The number of hydrogen-bond acceptors (Lipinski definition) is 14. The summed E-state index contributed by atoms with van der Waals surface area (Å²) < 4.78 is 39.5. The maximum Gasteiger partial charge on any atom is 0.407 e. The summed E-state index contributed by atoms with van der Waals surface area (Å²) in [5.41, 5.74) is 1.94. The molecular weight excluding hydrogens is 692 g/mol. The summed E-state index contributed by atoms with van der Waals surface area (Å²) in [6.45, 7) is 12.8. The molecule has 0 saturated carbocycles. The summed E-state index contributed by atoms with van der Waals surface area (Å²) in [6.07, 6.45) is -0.635. The SMILES string of the molecule is COC(=O)c1cccc(CN2CCOCCOCCN(Cc3cccc(C(=O)OC)n3)CCO[C@H](CSCCNC(=O)OC(C)(C)C)COCC2)c1. The zero-order valence-corrected chi connectivity index (χ0v) is 32.1. The van der Waals surface area contributed by atoms with Crippen molar-refractivity contribution in [3.63, 3.8) is 0 Å². The van der Waals surface area contributed by atoms with Gasteiger partial charge in [0.25, 0.3) is 0 Å². The highest BCUT2D eigenvalue weighted by Crippen LogP contribution is 2.12. The summed E-state index contributed by atoms with van der Waals surface area (Å²) in [6, 6.07) is 12.7. The van der Waals surface area contributed by atoms with Crippen molar-refractivity contribution in [2.75, 3.05) is 105 Å². The van der Waals surface area contributed by atoms with Crippen molar-refractivity contribution in [3.05, 3.63) is 65.0 Å². The standard InChI is InChI=1S/C37H56N4O10S/c1-37(2,3)51-36(44)38-12-23-52-28-32-27-49-19-15-40(25-29-8-6-9-30(24-29)34(42)45-4)13-17-47-21-22-48-18-14-41(16-20-50-32)26-31-10-7-11-33(39-31)35(43)46-5/h6-11,24,32H,12-23,25-28H2,1-5H3,(H,38,44)/t32-/m0/s1. The first kappa shape index (κ1) is 43.1. The van der Waals surface area contributed by atoms with Crippen LogP contribution in [0.15, 0.2) is 42.5 Å². The van der Waals surface area contributed by atoms with Gasteiger partial charge >= 0.3 is 18.0 Å². The van der Waals surface area contributed by atoms with E-state index in [1.807, 2.05) is 45.0 Å². The summed E-state index contributed by atoms with van der Waals surface area (Å²) >= 11 is 1.67. The van der Waals surface area contributed by atoms with E-state index in [1.54, 1.807) is 30.0 Å². The van der Waals surface area contributed by atoms with Gasteiger partial charge in [-0.3, -0.25) is 9.80 Å². The Morgan fingerprint density at radius 1 is 0.846 bits per heavy atom. The predicted molar refractivity (Wildman–Crippen MR) is 198 cm³/mol. The molecule has 1 fully saturated rings. The molecule has 290 valence electrons. The van der Waals surface area contributed by atoms with Gasteiger partial charge in [-0.15, -0.1) is 0 Å². The number of methoxy groups -OCH3 is 2. The third-order valence-electron chi connectivity index (χ3n) is 7.65. The van der Waals surface area contributed by atoms with Gasteiger partial charge in [0.15, 0.2) is 0 Å². The van der Waals surface area contributed by atoms with Crippen LogP contribution in [0.4, 0.5) is 4.79 Å². The average molecular weight is 749 g/mol. The fraction of sp³-hybridized carbons (Fsp3) is 0.622. The molecule has 1 aromatic heterocycles. The third kappa shape index (κ3) is 17.9. The molecule has 52 heavy (non-hydrogen) atoms. The fourth-order valence-corrected chi connectivity index (χ4v) is 5.96. The van der Waals surface area contributed by atoms with Gasteiger partial charge < -0.3 is 38.5 Å². The molecule has 14 nitrogen and oxygen atoms in total. The number of aromatic nitrogens is 1. The molecule has 0 aliphatic carbocycles. The minimum Gasteiger partial charge on any atom is -0.465 e. The van der Waals surface area contributed by atoms with Crippen LogP contribution in [0, 0.1) is 0 Å². The molecule has 1 atom stereocenters. The van der Waals surface area contributed by atoms with Crippen molar-refractivity contribution in [2.45, 2.75) is 45.6 Å². The number of alkyl carbamates (subject to hydrolysis) is 1. The number of hydrogen-bond donors (Lipinski definition) is 1. The molecule has 2 heterocycles. The Balaban J connectivity index is 1.63. The van der Waals surface area contributed by atoms with Gasteiger partial charge in [0.1, 0.15) is 11.3 Å². The Labute approximate surface area is 312 Å². The highest BCUT2D eigenvalue weighted by atomic mass is 32.2. The second kappa shape index (κ2) is 24.1. The van der Waals surface area contributed by atoms with Crippen LogP contribution in [-0.2, 0) is 46.2 Å². The fourth-order valence-electron chi connectivity index (χ4n) is 5.09. The lowest BCUT2D eigenvalue weighted by Crippen LogP contribution is -2.35. The van der Waals surface area contributed by atoms with E-state index in [9.17, 15) is 14.4 Å². The van der Waals surface area contributed by atoms with Gasteiger partial charge in [-0.1, -0.05) is 18.2 Å². The Kier molecular flexibility index (Phi) is 20.0. The second-order valence-electron chi connectivity index (χ2n) is 13.0. The number of nitrogens with one attached hydrogen (secondary N) is 1. The number of benzene rings is 1. The smallest absolute Gasteiger partial charge is 0.407 e. The first-order chi connectivity index (χ1) is 25.1. The number of thioether (sulfide) groups is 1. The van der Waals surface area contributed by atoms with Crippen molar-refractivity contribution >= 4 is 29.8 Å². The van der Waals surface area contributed by atoms with E-state index in [2.05, 4.69) is 20.1 Å². The topological polar surface area (TPSA) is 147 Å². The predicted octanol–water partition coefficient (Wildman–Crippen LogP) is 3.67. The van der Waals surface area contributed by atoms with Crippen molar-refractivity contribution in [3.8, 4) is 0 Å².